The molecule has 1 aliphatic heterocycles. The number of nitrogens with two attached hydrogens (primary N) is 1. The van der Waals surface area contributed by atoms with Crippen molar-refractivity contribution in [3.8, 4) is 11.4 Å². The van der Waals surface area contributed by atoms with E-state index in [1.807, 2.05) is 31.2 Å². The molecule has 1 aromatic heterocycles. The van der Waals surface area contributed by atoms with Crippen molar-refractivity contribution < 1.29 is 4.79 Å². The van der Waals surface area contributed by atoms with Crippen molar-refractivity contribution in [3.63, 3.8) is 0 Å². The Balaban J connectivity index is 1.88. The Morgan fingerprint density at radius 3 is 2.68 bits per heavy atom. The number of likely N-dealkylation sites (tertiary alicyclic amines) is 1. The molecule has 0 radical (unpaired) electrons. The first-order valence-electron chi connectivity index (χ1n) is 7.26. The molecule has 1 aromatic carbocycles. The fourth-order valence-corrected chi connectivity index (χ4v) is 2.55. The second kappa shape index (κ2) is 5.73. The molecular weight excluding hydrogens is 280 g/mol. The predicted molar refractivity (Wildman–Crippen MR) is 83.5 cm³/mol. The molecule has 0 aliphatic carbocycles. The molecular formula is C16H18N4O2. The van der Waals surface area contributed by atoms with Crippen molar-refractivity contribution in [2.24, 2.45) is 5.73 Å². The molecule has 3 rings (SSSR count). The maximum Gasteiger partial charge on any atom is 0.264 e. The van der Waals surface area contributed by atoms with Crippen molar-refractivity contribution in [1.29, 1.82) is 0 Å². The van der Waals surface area contributed by atoms with Crippen LogP contribution in [0.25, 0.3) is 11.4 Å². The zero-order valence-electron chi connectivity index (χ0n) is 12.4. The van der Waals surface area contributed by atoms with Gasteiger partial charge in [0.05, 0.1) is 0 Å². The number of aromatic amines is 1. The molecule has 3 N–H and O–H groups in total. The standard InChI is InChI=1S/C16H18N4O2/c1-10-2-4-11(5-3-10)14-18-8-13(15(21)19-14)16(22)20-7-6-12(17)9-20/h2-5,8,12H,6-7,9,17H2,1H3,(H,18,19,21)/t12-/m0/s1. The molecule has 6 heteroatoms. The zero-order valence-corrected chi connectivity index (χ0v) is 12.4. The largest absolute Gasteiger partial charge is 0.337 e. The van der Waals surface area contributed by atoms with Gasteiger partial charge in [-0.25, -0.2) is 4.98 Å². The molecule has 0 bridgehead atoms. The number of hydrogen-bond donors (Lipinski definition) is 2. The highest BCUT2D eigenvalue weighted by atomic mass is 16.2. The summed E-state index contributed by atoms with van der Waals surface area (Å²) in [5.74, 6) is 0.150. The first-order valence-corrected chi connectivity index (χ1v) is 7.26. The summed E-state index contributed by atoms with van der Waals surface area (Å²) in [7, 11) is 0. The molecule has 1 saturated heterocycles. The minimum absolute atomic E-state index is 0.0113. The number of aryl methyl sites for hydroxylation is 1. The summed E-state index contributed by atoms with van der Waals surface area (Å²) in [4.78, 5) is 33.0. The Hall–Kier alpha value is -2.47. The summed E-state index contributed by atoms with van der Waals surface area (Å²) < 4.78 is 0. The number of amides is 1. The fourth-order valence-electron chi connectivity index (χ4n) is 2.55. The maximum absolute atomic E-state index is 12.3. The number of rotatable bonds is 2. The van der Waals surface area contributed by atoms with Crippen LogP contribution in [0.4, 0.5) is 0 Å². The number of nitrogens with zero attached hydrogens (tertiary/aromatic N) is 2. The summed E-state index contributed by atoms with van der Waals surface area (Å²) in [6.45, 7) is 3.06. The van der Waals surface area contributed by atoms with E-state index in [4.69, 9.17) is 5.73 Å². The number of H-pyrrole nitrogens is 1. The van der Waals surface area contributed by atoms with Crippen molar-refractivity contribution in [1.82, 2.24) is 14.9 Å². The molecule has 0 spiro atoms. The molecule has 6 nitrogen and oxygen atoms in total. The van der Waals surface area contributed by atoms with Crippen LogP contribution in [-0.2, 0) is 0 Å². The Morgan fingerprint density at radius 1 is 1.36 bits per heavy atom. The smallest absolute Gasteiger partial charge is 0.264 e. The van der Waals surface area contributed by atoms with Crippen LogP contribution in [0.3, 0.4) is 0 Å². The van der Waals surface area contributed by atoms with Crippen molar-refractivity contribution in [3.05, 3.63) is 51.9 Å². The van der Waals surface area contributed by atoms with Gasteiger partial charge in [0.25, 0.3) is 11.5 Å². The Kier molecular flexibility index (Phi) is 3.77. The molecule has 22 heavy (non-hydrogen) atoms. The Bertz CT molecular complexity index is 751. The molecule has 0 saturated carbocycles. The van der Waals surface area contributed by atoms with Gasteiger partial charge in [-0.1, -0.05) is 29.8 Å². The van der Waals surface area contributed by atoms with Gasteiger partial charge < -0.3 is 15.6 Å². The van der Waals surface area contributed by atoms with E-state index in [1.54, 1.807) is 4.90 Å². The fraction of sp³-hybridized carbons (Fsp3) is 0.312. The van der Waals surface area contributed by atoms with E-state index < -0.39 is 5.56 Å². The number of aromatic nitrogens is 2. The minimum Gasteiger partial charge on any atom is -0.337 e. The SMILES string of the molecule is Cc1ccc(-c2ncc(C(=O)N3CC[C@H](N)C3)c(=O)[nH]2)cc1. The molecule has 2 heterocycles. The van der Waals surface area contributed by atoms with Gasteiger partial charge >= 0.3 is 0 Å². The first kappa shape index (κ1) is 14.5. The van der Waals surface area contributed by atoms with Crippen molar-refractivity contribution in [2.45, 2.75) is 19.4 Å². The number of nitrogens with one attached hydrogen (secondary N) is 1. The lowest BCUT2D eigenvalue weighted by Crippen LogP contribution is -2.35. The lowest BCUT2D eigenvalue weighted by Gasteiger charge is -2.15. The topological polar surface area (TPSA) is 92.1 Å². The summed E-state index contributed by atoms with van der Waals surface area (Å²) in [5.41, 5.74) is 7.37. The lowest BCUT2D eigenvalue weighted by molar-refractivity contribution is 0.0788. The second-order valence-electron chi connectivity index (χ2n) is 5.64. The summed E-state index contributed by atoms with van der Waals surface area (Å²) >= 11 is 0. The van der Waals surface area contributed by atoms with Crippen LogP contribution in [0.15, 0.2) is 35.3 Å². The molecule has 1 aliphatic rings. The van der Waals surface area contributed by atoms with Gasteiger partial charge in [0, 0.05) is 30.9 Å². The zero-order chi connectivity index (χ0) is 15.7. The van der Waals surface area contributed by atoms with E-state index in [1.165, 1.54) is 6.20 Å². The molecule has 1 atom stereocenters. The minimum atomic E-state index is -0.420. The normalized spacial score (nSPS) is 17.7. The quantitative estimate of drug-likeness (QED) is 0.862. The first-order chi connectivity index (χ1) is 10.5. The maximum atomic E-state index is 12.3. The molecule has 1 fully saturated rings. The number of hydrogen-bond acceptors (Lipinski definition) is 4. The average molecular weight is 298 g/mol. The van der Waals surface area contributed by atoms with Gasteiger partial charge in [0.1, 0.15) is 11.4 Å². The van der Waals surface area contributed by atoms with E-state index in [0.717, 1.165) is 17.5 Å². The van der Waals surface area contributed by atoms with Crippen LogP contribution in [0.1, 0.15) is 22.3 Å². The molecule has 0 unspecified atom stereocenters. The third kappa shape index (κ3) is 2.78. The highest BCUT2D eigenvalue weighted by Crippen LogP contribution is 2.15. The van der Waals surface area contributed by atoms with Crippen molar-refractivity contribution >= 4 is 5.91 Å². The van der Waals surface area contributed by atoms with Gasteiger partial charge in [0.15, 0.2) is 0 Å². The number of carbonyl (C=O) groups excluding carboxylic acids is 1. The molecule has 114 valence electrons. The summed E-state index contributed by atoms with van der Waals surface area (Å²) in [6.07, 6.45) is 2.11. The summed E-state index contributed by atoms with van der Waals surface area (Å²) in [5, 5.41) is 0. The van der Waals surface area contributed by atoms with Crippen LogP contribution in [0, 0.1) is 6.92 Å². The van der Waals surface area contributed by atoms with Crippen molar-refractivity contribution in [2.75, 3.05) is 13.1 Å². The summed E-state index contributed by atoms with van der Waals surface area (Å²) in [6, 6.07) is 7.64. The van der Waals surface area contributed by atoms with Crippen LogP contribution in [0.2, 0.25) is 0 Å². The van der Waals surface area contributed by atoms with Gasteiger partial charge in [-0.2, -0.15) is 0 Å². The highest BCUT2D eigenvalue weighted by molar-refractivity contribution is 5.93. The van der Waals surface area contributed by atoms with E-state index in [0.29, 0.717) is 18.9 Å². The highest BCUT2D eigenvalue weighted by Gasteiger charge is 2.26. The Labute approximate surface area is 128 Å². The average Bonchev–Trinajstić information content (AvgIpc) is 2.94. The predicted octanol–water partition coefficient (Wildman–Crippen LogP) is 0.919. The van der Waals surface area contributed by atoms with E-state index in [2.05, 4.69) is 9.97 Å². The number of carbonyl (C=O) groups is 1. The van der Waals surface area contributed by atoms with Gasteiger partial charge in [-0.05, 0) is 13.3 Å². The van der Waals surface area contributed by atoms with Gasteiger partial charge in [-0.3, -0.25) is 9.59 Å². The van der Waals surface area contributed by atoms with E-state index in [9.17, 15) is 9.59 Å². The third-order valence-electron chi connectivity index (χ3n) is 3.87. The van der Waals surface area contributed by atoms with Gasteiger partial charge in [-0.15, -0.1) is 0 Å². The van der Waals surface area contributed by atoms with E-state index >= 15 is 0 Å². The molecule has 2 aromatic rings. The van der Waals surface area contributed by atoms with Crippen LogP contribution >= 0.6 is 0 Å². The van der Waals surface area contributed by atoms with Gasteiger partial charge in [0.2, 0.25) is 0 Å². The van der Waals surface area contributed by atoms with Crippen LogP contribution < -0.4 is 11.3 Å². The Morgan fingerprint density at radius 2 is 2.09 bits per heavy atom. The van der Waals surface area contributed by atoms with E-state index in [-0.39, 0.29) is 17.5 Å². The van der Waals surface area contributed by atoms with Crippen LogP contribution in [0.5, 0.6) is 0 Å². The monoisotopic (exact) mass is 298 g/mol. The third-order valence-corrected chi connectivity index (χ3v) is 3.87. The molecule has 1 amide bonds. The number of benzene rings is 1. The second-order valence-corrected chi connectivity index (χ2v) is 5.64. The lowest BCUT2D eigenvalue weighted by atomic mass is 10.1. The van der Waals surface area contributed by atoms with Crippen LogP contribution in [-0.4, -0.2) is 39.9 Å².